The standard InChI is InChI=1S/C9H11N3/c1-2-8-7-4-3-5-10-9(7)12-6-11-8/h3-5H,2,6H2,1H3,(H,10,12). The van der Waals surface area contributed by atoms with Gasteiger partial charge >= 0.3 is 0 Å². The second kappa shape index (κ2) is 2.93. The number of aliphatic imine (C=N–C) groups is 1. The van der Waals surface area contributed by atoms with Gasteiger partial charge in [-0.3, -0.25) is 4.99 Å². The summed E-state index contributed by atoms with van der Waals surface area (Å²) in [4.78, 5) is 8.58. The quantitative estimate of drug-likeness (QED) is 0.680. The SMILES string of the molecule is CCC1=NCNc2ncccc21. The number of pyridine rings is 1. The topological polar surface area (TPSA) is 37.3 Å². The van der Waals surface area contributed by atoms with Gasteiger partial charge in [-0.1, -0.05) is 6.92 Å². The largest absolute Gasteiger partial charge is 0.350 e. The molecule has 3 heteroatoms. The molecule has 0 saturated heterocycles. The molecule has 1 aromatic heterocycles. The summed E-state index contributed by atoms with van der Waals surface area (Å²) in [6.07, 6.45) is 2.77. The Labute approximate surface area is 71.6 Å². The van der Waals surface area contributed by atoms with Crippen molar-refractivity contribution in [3.63, 3.8) is 0 Å². The van der Waals surface area contributed by atoms with Crippen molar-refractivity contribution in [3.05, 3.63) is 23.9 Å². The molecule has 0 aliphatic carbocycles. The second-order valence-electron chi connectivity index (χ2n) is 2.69. The molecule has 1 aliphatic heterocycles. The van der Waals surface area contributed by atoms with Crippen LogP contribution in [0.2, 0.25) is 0 Å². The Bertz CT molecular complexity index is 317. The lowest BCUT2D eigenvalue weighted by Gasteiger charge is -2.15. The maximum atomic E-state index is 4.35. The highest BCUT2D eigenvalue weighted by atomic mass is 15.1. The van der Waals surface area contributed by atoms with E-state index in [9.17, 15) is 0 Å². The Morgan fingerprint density at radius 3 is 3.33 bits per heavy atom. The maximum Gasteiger partial charge on any atom is 0.136 e. The van der Waals surface area contributed by atoms with Gasteiger partial charge in [0, 0.05) is 17.5 Å². The van der Waals surface area contributed by atoms with Crippen molar-refractivity contribution in [3.8, 4) is 0 Å². The molecule has 0 radical (unpaired) electrons. The Balaban J connectivity index is 2.48. The predicted molar refractivity (Wildman–Crippen MR) is 49.6 cm³/mol. The fourth-order valence-corrected chi connectivity index (χ4v) is 1.38. The Hall–Kier alpha value is -1.38. The first-order valence-electron chi connectivity index (χ1n) is 4.14. The third-order valence-electron chi connectivity index (χ3n) is 1.97. The minimum absolute atomic E-state index is 0.660. The lowest BCUT2D eigenvalue weighted by Crippen LogP contribution is -2.15. The summed E-state index contributed by atoms with van der Waals surface area (Å²) in [7, 11) is 0. The van der Waals surface area contributed by atoms with E-state index < -0.39 is 0 Å². The van der Waals surface area contributed by atoms with Crippen LogP contribution in [0, 0.1) is 0 Å². The predicted octanol–water partition coefficient (Wildman–Crippen LogP) is 1.66. The second-order valence-corrected chi connectivity index (χ2v) is 2.69. The van der Waals surface area contributed by atoms with Gasteiger partial charge in [-0.2, -0.15) is 0 Å². The number of hydrogen-bond donors (Lipinski definition) is 1. The van der Waals surface area contributed by atoms with Gasteiger partial charge in [-0.15, -0.1) is 0 Å². The van der Waals surface area contributed by atoms with Crippen LogP contribution in [0.25, 0.3) is 0 Å². The van der Waals surface area contributed by atoms with Gasteiger partial charge in [0.25, 0.3) is 0 Å². The van der Waals surface area contributed by atoms with Crippen molar-refractivity contribution in [2.75, 3.05) is 12.0 Å². The van der Waals surface area contributed by atoms with E-state index in [-0.39, 0.29) is 0 Å². The van der Waals surface area contributed by atoms with E-state index >= 15 is 0 Å². The van der Waals surface area contributed by atoms with E-state index in [0.717, 1.165) is 23.5 Å². The molecule has 0 fully saturated rings. The zero-order valence-electron chi connectivity index (χ0n) is 7.04. The molecule has 0 saturated carbocycles. The summed E-state index contributed by atoms with van der Waals surface area (Å²) in [5.41, 5.74) is 2.29. The average Bonchev–Trinajstić information content (AvgIpc) is 2.17. The third kappa shape index (κ3) is 1.07. The van der Waals surface area contributed by atoms with Crippen molar-refractivity contribution in [2.45, 2.75) is 13.3 Å². The molecule has 3 nitrogen and oxygen atoms in total. The maximum absolute atomic E-state index is 4.35. The fraction of sp³-hybridized carbons (Fsp3) is 0.333. The molecular weight excluding hydrogens is 150 g/mol. The number of anilines is 1. The van der Waals surface area contributed by atoms with Crippen molar-refractivity contribution >= 4 is 11.5 Å². The number of aromatic nitrogens is 1. The zero-order valence-corrected chi connectivity index (χ0v) is 7.04. The van der Waals surface area contributed by atoms with E-state index in [0.29, 0.717) is 6.67 Å². The summed E-state index contributed by atoms with van der Waals surface area (Å²) < 4.78 is 0. The zero-order chi connectivity index (χ0) is 8.39. The van der Waals surface area contributed by atoms with Crippen molar-refractivity contribution in [1.29, 1.82) is 0 Å². The first-order chi connectivity index (χ1) is 5.92. The van der Waals surface area contributed by atoms with Crippen molar-refractivity contribution < 1.29 is 0 Å². The number of fused-ring (bicyclic) bond motifs is 1. The molecule has 1 N–H and O–H groups in total. The third-order valence-corrected chi connectivity index (χ3v) is 1.97. The molecular formula is C9H11N3. The van der Waals surface area contributed by atoms with E-state index in [1.165, 1.54) is 0 Å². The minimum Gasteiger partial charge on any atom is -0.350 e. The van der Waals surface area contributed by atoms with Gasteiger partial charge in [0.05, 0.1) is 0 Å². The molecule has 0 atom stereocenters. The first-order valence-corrected chi connectivity index (χ1v) is 4.14. The number of rotatable bonds is 1. The molecule has 62 valence electrons. The minimum atomic E-state index is 0.660. The smallest absolute Gasteiger partial charge is 0.136 e. The van der Waals surface area contributed by atoms with E-state index in [4.69, 9.17) is 0 Å². The fourth-order valence-electron chi connectivity index (χ4n) is 1.38. The average molecular weight is 161 g/mol. The molecule has 1 aromatic rings. The summed E-state index contributed by atoms with van der Waals surface area (Å²) in [6, 6.07) is 3.99. The highest BCUT2D eigenvalue weighted by Gasteiger charge is 2.11. The van der Waals surface area contributed by atoms with Crippen LogP contribution in [-0.4, -0.2) is 17.4 Å². The normalized spacial score (nSPS) is 14.6. The van der Waals surface area contributed by atoms with Crippen LogP contribution in [0.15, 0.2) is 23.3 Å². The number of nitrogens with one attached hydrogen (secondary N) is 1. The number of nitrogens with zero attached hydrogens (tertiary/aromatic N) is 2. The Kier molecular flexibility index (Phi) is 1.78. The summed E-state index contributed by atoms with van der Waals surface area (Å²) in [5, 5.41) is 3.13. The Morgan fingerprint density at radius 2 is 2.50 bits per heavy atom. The van der Waals surface area contributed by atoms with E-state index in [2.05, 4.69) is 28.3 Å². The molecule has 0 aromatic carbocycles. The molecule has 0 amide bonds. The Morgan fingerprint density at radius 1 is 1.58 bits per heavy atom. The van der Waals surface area contributed by atoms with Crippen LogP contribution < -0.4 is 5.32 Å². The molecule has 0 spiro atoms. The van der Waals surface area contributed by atoms with Crippen LogP contribution in [0.5, 0.6) is 0 Å². The van der Waals surface area contributed by atoms with Gasteiger partial charge < -0.3 is 5.32 Å². The van der Waals surface area contributed by atoms with Gasteiger partial charge in [-0.25, -0.2) is 4.98 Å². The first kappa shape index (κ1) is 7.28. The van der Waals surface area contributed by atoms with Crippen LogP contribution >= 0.6 is 0 Å². The summed E-state index contributed by atoms with van der Waals surface area (Å²) >= 11 is 0. The van der Waals surface area contributed by atoms with Gasteiger partial charge in [0.15, 0.2) is 0 Å². The van der Waals surface area contributed by atoms with Gasteiger partial charge in [-0.05, 0) is 18.6 Å². The van der Waals surface area contributed by atoms with Gasteiger partial charge in [0.2, 0.25) is 0 Å². The van der Waals surface area contributed by atoms with Gasteiger partial charge in [0.1, 0.15) is 12.5 Å². The summed E-state index contributed by atoms with van der Waals surface area (Å²) in [6.45, 7) is 2.77. The van der Waals surface area contributed by atoms with E-state index in [1.54, 1.807) is 6.20 Å². The van der Waals surface area contributed by atoms with Crippen molar-refractivity contribution in [2.24, 2.45) is 4.99 Å². The van der Waals surface area contributed by atoms with Crippen LogP contribution in [-0.2, 0) is 0 Å². The van der Waals surface area contributed by atoms with Crippen LogP contribution in [0.1, 0.15) is 18.9 Å². The molecule has 0 unspecified atom stereocenters. The lowest BCUT2D eigenvalue weighted by molar-refractivity contribution is 1.05. The molecule has 1 aliphatic rings. The molecule has 2 heterocycles. The molecule has 12 heavy (non-hydrogen) atoms. The highest BCUT2D eigenvalue weighted by molar-refractivity contribution is 6.05. The van der Waals surface area contributed by atoms with Crippen LogP contribution in [0.4, 0.5) is 5.82 Å². The summed E-state index contributed by atoms with van der Waals surface area (Å²) in [5.74, 6) is 0.962. The van der Waals surface area contributed by atoms with E-state index in [1.807, 2.05) is 6.07 Å². The van der Waals surface area contributed by atoms with Crippen molar-refractivity contribution in [1.82, 2.24) is 4.98 Å². The highest BCUT2D eigenvalue weighted by Crippen LogP contribution is 2.17. The lowest BCUT2D eigenvalue weighted by atomic mass is 10.1. The molecule has 2 rings (SSSR count). The van der Waals surface area contributed by atoms with Crippen LogP contribution in [0.3, 0.4) is 0 Å². The monoisotopic (exact) mass is 161 g/mol. The number of hydrogen-bond acceptors (Lipinski definition) is 3. The molecule has 0 bridgehead atoms.